The van der Waals surface area contributed by atoms with Gasteiger partial charge in [-0.05, 0) is 75.3 Å². The summed E-state index contributed by atoms with van der Waals surface area (Å²) in [5.74, 6) is 0.541. The number of hydrogen-bond donors (Lipinski definition) is 1. The Morgan fingerprint density at radius 2 is 1.81 bits per heavy atom. The molecule has 2 atom stereocenters. The molecule has 0 aliphatic carbocycles. The molecule has 4 bridgehead atoms. The standard InChI is InChI=1S/C32H40N4O5S/c1-20(2)15-25-18-40-28-17-27(29-22(5)9-7-10-23(29)6)33-30(34-28)35-42(38,39)26-12-8-11-24(16-26)32(25)13-14-36(19-32)31(37)41-21(3)4/h7-12,16-17,20-21,25H,13-15,18-19H2,1-6H3,(H,33,34,35)/t25-,32?/m1/s1. The second-order valence-electron chi connectivity index (χ2n) is 12.2. The summed E-state index contributed by atoms with van der Waals surface area (Å²) in [6.45, 7) is 13.2. The van der Waals surface area contributed by atoms with Gasteiger partial charge >= 0.3 is 6.09 Å². The summed E-state index contributed by atoms with van der Waals surface area (Å²) < 4.78 is 42.0. The van der Waals surface area contributed by atoms with Gasteiger partial charge in [0.1, 0.15) is 0 Å². The number of likely N-dealkylation sites (tertiary alicyclic amines) is 1. The van der Waals surface area contributed by atoms with Crippen LogP contribution in [0, 0.1) is 25.7 Å². The number of rotatable bonds is 4. The van der Waals surface area contributed by atoms with E-state index in [2.05, 4.69) is 28.5 Å². The van der Waals surface area contributed by atoms with Crippen molar-refractivity contribution in [3.05, 3.63) is 65.2 Å². The summed E-state index contributed by atoms with van der Waals surface area (Å²) in [7, 11) is -4.03. The monoisotopic (exact) mass is 592 g/mol. The molecule has 2 aliphatic heterocycles. The molecule has 0 saturated carbocycles. The quantitative estimate of drug-likeness (QED) is 0.389. The zero-order chi connectivity index (χ0) is 30.2. The smallest absolute Gasteiger partial charge is 0.410 e. The Hall–Kier alpha value is -3.66. The van der Waals surface area contributed by atoms with Crippen LogP contribution >= 0.6 is 0 Å². The highest BCUT2D eigenvalue weighted by Gasteiger charge is 2.48. The lowest BCUT2D eigenvalue weighted by Crippen LogP contribution is -2.43. The summed E-state index contributed by atoms with van der Waals surface area (Å²) in [6.07, 6.45) is 0.865. The van der Waals surface area contributed by atoms with Crippen LogP contribution < -0.4 is 9.46 Å². The fourth-order valence-electron chi connectivity index (χ4n) is 6.32. The van der Waals surface area contributed by atoms with E-state index in [1.807, 2.05) is 52.0 Å². The Kier molecular flexibility index (Phi) is 8.20. The van der Waals surface area contributed by atoms with E-state index in [0.29, 0.717) is 43.6 Å². The van der Waals surface area contributed by atoms with Gasteiger partial charge in [-0.3, -0.25) is 0 Å². The van der Waals surface area contributed by atoms with E-state index in [1.54, 1.807) is 29.2 Å². The molecule has 1 unspecified atom stereocenters. The van der Waals surface area contributed by atoms with Gasteiger partial charge in [0.15, 0.2) is 0 Å². The first-order chi connectivity index (χ1) is 19.9. The zero-order valence-electron chi connectivity index (χ0n) is 25.2. The van der Waals surface area contributed by atoms with Crippen molar-refractivity contribution >= 4 is 22.1 Å². The molecule has 9 nitrogen and oxygen atoms in total. The lowest BCUT2D eigenvalue weighted by atomic mass is 9.67. The molecule has 0 radical (unpaired) electrons. The van der Waals surface area contributed by atoms with Crippen LogP contribution in [-0.4, -0.2) is 55.2 Å². The number of nitrogens with one attached hydrogen (secondary N) is 1. The summed E-state index contributed by atoms with van der Waals surface area (Å²) in [6, 6.07) is 14.8. The van der Waals surface area contributed by atoms with E-state index in [1.165, 1.54) is 0 Å². The van der Waals surface area contributed by atoms with Crippen LogP contribution in [-0.2, 0) is 20.2 Å². The molecular weight excluding hydrogens is 552 g/mol. The lowest BCUT2D eigenvalue weighted by molar-refractivity contribution is 0.0773. The third kappa shape index (κ3) is 5.95. The number of fused-ring (bicyclic) bond motifs is 5. The third-order valence-corrected chi connectivity index (χ3v) is 9.58. The maximum Gasteiger partial charge on any atom is 0.410 e. The van der Waals surface area contributed by atoms with E-state index in [0.717, 1.165) is 28.7 Å². The van der Waals surface area contributed by atoms with Gasteiger partial charge in [0.25, 0.3) is 10.0 Å². The van der Waals surface area contributed by atoms with E-state index in [4.69, 9.17) is 9.47 Å². The minimum atomic E-state index is -4.03. The SMILES string of the molecule is Cc1cccc(C)c1-c1cc2nc(n1)NS(=O)(=O)c1cccc(c1)C1(CCN(C(=O)OC(C)C)C1)[C@H](CC(C)C)CO2. The lowest BCUT2D eigenvalue weighted by Gasteiger charge is -2.39. The zero-order valence-corrected chi connectivity index (χ0v) is 26.0. The molecule has 3 heterocycles. The Morgan fingerprint density at radius 3 is 2.50 bits per heavy atom. The van der Waals surface area contributed by atoms with Crippen molar-refractivity contribution in [3.8, 4) is 17.1 Å². The molecule has 42 heavy (non-hydrogen) atoms. The summed E-state index contributed by atoms with van der Waals surface area (Å²) in [5, 5.41) is 0. The summed E-state index contributed by atoms with van der Waals surface area (Å²) in [5.41, 5.74) is 3.83. The van der Waals surface area contributed by atoms with E-state index < -0.39 is 15.4 Å². The molecule has 1 spiro atoms. The topological polar surface area (TPSA) is 111 Å². The fraction of sp³-hybridized carbons (Fsp3) is 0.469. The van der Waals surface area contributed by atoms with Crippen LogP contribution in [0.1, 0.15) is 57.2 Å². The number of anilines is 1. The van der Waals surface area contributed by atoms with Gasteiger partial charge in [-0.2, -0.15) is 4.98 Å². The molecule has 1 amide bonds. The van der Waals surface area contributed by atoms with E-state index in [9.17, 15) is 13.2 Å². The van der Waals surface area contributed by atoms with Crippen molar-refractivity contribution in [1.29, 1.82) is 0 Å². The maximum atomic E-state index is 13.7. The minimum Gasteiger partial charge on any atom is -0.477 e. The number of ether oxygens (including phenoxy) is 2. The van der Waals surface area contributed by atoms with Gasteiger partial charge in [-0.15, -0.1) is 0 Å². The Bertz CT molecular complexity index is 1570. The van der Waals surface area contributed by atoms with Crippen LogP contribution in [0.4, 0.5) is 10.7 Å². The normalized spacial score (nSPS) is 21.4. The van der Waals surface area contributed by atoms with Crippen molar-refractivity contribution in [2.75, 3.05) is 24.4 Å². The second-order valence-corrected chi connectivity index (χ2v) is 13.9. The van der Waals surface area contributed by atoms with Gasteiger partial charge in [0.05, 0.1) is 23.3 Å². The number of hydrogen-bond acceptors (Lipinski definition) is 7. The first-order valence-electron chi connectivity index (χ1n) is 14.6. The third-order valence-electron chi connectivity index (χ3n) is 8.25. The number of aromatic nitrogens is 2. The molecule has 10 heteroatoms. The first-order valence-corrected chi connectivity index (χ1v) is 16.0. The molecule has 1 fully saturated rings. The highest BCUT2D eigenvalue weighted by atomic mass is 32.2. The van der Waals surface area contributed by atoms with Crippen molar-refractivity contribution in [2.45, 2.75) is 70.8 Å². The van der Waals surface area contributed by atoms with Crippen LogP contribution in [0.5, 0.6) is 5.88 Å². The predicted octanol–water partition coefficient (Wildman–Crippen LogP) is 6.10. The van der Waals surface area contributed by atoms with Gasteiger partial charge in [0, 0.05) is 36.1 Å². The average Bonchev–Trinajstić information content (AvgIpc) is 3.37. The van der Waals surface area contributed by atoms with Gasteiger partial charge in [-0.25, -0.2) is 22.9 Å². The number of amides is 1. The predicted molar refractivity (Wildman–Crippen MR) is 162 cm³/mol. The number of benzene rings is 2. The van der Waals surface area contributed by atoms with Crippen molar-refractivity contribution < 1.29 is 22.7 Å². The van der Waals surface area contributed by atoms with Crippen LogP contribution in [0.15, 0.2) is 53.4 Å². The molecule has 224 valence electrons. The van der Waals surface area contributed by atoms with Crippen molar-refractivity contribution in [2.24, 2.45) is 11.8 Å². The fourth-order valence-corrected chi connectivity index (χ4v) is 7.31. The molecule has 2 aliphatic rings. The highest BCUT2D eigenvalue weighted by Crippen LogP contribution is 2.45. The first kappa shape index (κ1) is 29.8. The number of aryl methyl sites for hydroxylation is 2. The van der Waals surface area contributed by atoms with Crippen molar-refractivity contribution in [1.82, 2.24) is 14.9 Å². The van der Waals surface area contributed by atoms with Gasteiger partial charge in [0.2, 0.25) is 11.8 Å². The average molecular weight is 593 g/mol. The highest BCUT2D eigenvalue weighted by molar-refractivity contribution is 7.92. The van der Waals surface area contributed by atoms with Crippen molar-refractivity contribution in [3.63, 3.8) is 0 Å². The number of carbonyl (C=O) groups is 1. The minimum absolute atomic E-state index is 0.0400. The number of sulfonamides is 1. The Labute approximate surface area is 248 Å². The van der Waals surface area contributed by atoms with Crippen LogP contribution in [0.2, 0.25) is 0 Å². The molecular formula is C32H40N4O5S. The molecule has 1 N–H and O–H groups in total. The van der Waals surface area contributed by atoms with Gasteiger partial charge < -0.3 is 14.4 Å². The maximum absolute atomic E-state index is 13.7. The summed E-state index contributed by atoms with van der Waals surface area (Å²) in [4.78, 5) is 24.0. The molecule has 3 aromatic rings. The number of carbonyl (C=O) groups excluding carboxylic acids is 1. The Morgan fingerprint density at radius 1 is 1.10 bits per heavy atom. The molecule has 1 saturated heterocycles. The molecule has 5 rings (SSSR count). The number of nitrogens with zero attached hydrogens (tertiary/aromatic N) is 3. The van der Waals surface area contributed by atoms with Gasteiger partial charge in [-0.1, -0.05) is 44.2 Å². The van der Waals surface area contributed by atoms with E-state index in [-0.39, 0.29) is 29.0 Å². The Balaban J connectivity index is 1.65. The molecule has 2 aromatic carbocycles. The largest absolute Gasteiger partial charge is 0.477 e. The second kappa shape index (κ2) is 11.6. The van der Waals surface area contributed by atoms with E-state index >= 15 is 0 Å². The molecule has 1 aromatic heterocycles. The summed E-state index contributed by atoms with van der Waals surface area (Å²) >= 11 is 0. The van der Waals surface area contributed by atoms with Crippen LogP contribution in [0.3, 0.4) is 0 Å². The van der Waals surface area contributed by atoms with Crippen LogP contribution in [0.25, 0.3) is 11.3 Å².